The molecule has 0 unspecified atom stereocenters. The number of benzene rings is 1. The highest BCUT2D eigenvalue weighted by Crippen LogP contribution is 2.36. The second-order valence-electron chi connectivity index (χ2n) is 8.86. The van der Waals surface area contributed by atoms with Crippen molar-refractivity contribution in [2.24, 2.45) is 0 Å². The van der Waals surface area contributed by atoms with E-state index in [9.17, 15) is 14.0 Å². The Balaban J connectivity index is 1.22. The van der Waals surface area contributed by atoms with Crippen LogP contribution in [0.25, 0.3) is 0 Å². The van der Waals surface area contributed by atoms with E-state index in [-0.39, 0.29) is 30.2 Å². The topological polar surface area (TPSA) is 59.1 Å². The number of amides is 1. The van der Waals surface area contributed by atoms with Gasteiger partial charge in [-0.25, -0.2) is 4.39 Å². The fourth-order valence-electron chi connectivity index (χ4n) is 4.72. The third-order valence-electron chi connectivity index (χ3n) is 6.64. The van der Waals surface area contributed by atoms with E-state index in [0.717, 1.165) is 35.5 Å². The molecular weight excluding hydrogens is 443 g/mol. The van der Waals surface area contributed by atoms with Gasteiger partial charge in [0.25, 0.3) is 5.91 Å². The van der Waals surface area contributed by atoms with Gasteiger partial charge in [0.1, 0.15) is 18.2 Å². The summed E-state index contributed by atoms with van der Waals surface area (Å²) >= 11 is 1.47. The van der Waals surface area contributed by atoms with Crippen molar-refractivity contribution in [2.45, 2.75) is 45.0 Å². The van der Waals surface area contributed by atoms with Crippen molar-refractivity contribution in [3.05, 3.63) is 63.1 Å². The van der Waals surface area contributed by atoms with E-state index in [0.29, 0.717) is 56.0 Å². The Labute approximate surface area is 196 Å². The van der Waals surface area contributed by atoms with Crippen molar-refractivity contribution in [3.8, 4) is 5.75 Å². The summed E-state index contributed by atoms with van der Waals surface area (Å²) in [5.41, 5.74) is 3.16. The molecule has 1 aromatic carbocycles. The van der Waals surface area contributed by atoms with Crippen LogP contribution in [0.1, 0.15) is 45.6 Å². The molecule has 6 nitrogen and oxygen atoms in total. The summed E-state index contributed by atoms with van der Waals surface area (Å²) in [6.07, 6.45) is 1.76. The van der Waals surface area contributed by atoms with Gasteiger partial charge in [0, 0.05) is 60.1 Å². The predicted molar refractivity (Wildman–Crippen MR) is 123 cm³/mol. The predicted octanol–water partition coefficient (Wildman–Crippen LogP) is 3.93. The van der Waals surface area contributed by atoms with Crippen LogP contribution in [0.4, 0.5) is 4.39 Å². The van der Waals surface area contributed by atoms with Gasteiger partial charge < -0.3 is 14.4 Å². The minimum absolute atomic E-state index is 0.0684. The van der Waals surface area contributed by atoms with E-state index in [1.54, 1.807) is 17.0 Å². The molecule has 0 N–H and O–H groups in total. The first-order chi connectivity index (χ1) is 16.0. The summed E-state index contributed by atoms with van der Waals surface area (Å²) in [6.45, 7) is 8.11. The Kier molecular flexibility index (Phi) is 6.32. The molecule has 174 valence electrons. The second-order valence-corrected chi connectivity index (χ2v) is 9.83. The average molecular weight is 471 g/mol. The normalized spacial score (nSPS) is 21.5. The van der Waals surface area contributed by atoms with Gasteiger partial charge in [0.05, 0.1) is 24.8 Å². The quantitative estimate of drug-likeness (QED) is 0.599. The first-order valence-electron chi connectivity index (χ1n) is 11.3. The molecule has 0 spiro atoms. The van der Waals surface area contributed by atoms with E-state index in [1.165, 1.54) is 17.4 Å². The van der Waals surface area contributed by atoms with Gasteiger partial charge in [-0.3, -0.25) is 14.5 Å². The Morgan fingerprint density at radius 3 is 2.82 bits per heavy atom. The molecular formula is C25H27FN2O4S. The SMILES string of the molecule is C=C1CC[C@H](N2Cc3c(csc3COc3ccc(CN4CCOCC4)c(F)c3)C2=O)C(=O)C1. The molecule has 1 amide bonds. The van der Waals surface area contributed by atoms with E-state index in [1.807, 2.05) is 5.38 Å². The Hall–Kier alpha value is -2.55. The first-order valence-corrected chi connectivity index (χ1v) is 12.2. The molecule has 8 heteroatoms. The van der Waals surface area contributed by atoms with Gasteiger partial charge in [0.2, 0.25) is 0 Å². The molecule has 1 atom stereocenters. The standard InChI is InChI=1S/C25H27FN2O4S/c1-16-2-5-22(23(29)10-16)28-13-19-20(25(28)30)15-33-24(19)14-32-18-4-3-17(21(26)11-18)12-27-6-8-31-9-7-27/h3-4,11,15,22H,1-2,5-10,12-14H2/t22-/m0/s1. The molecule has 2 aliphatic heterocycles. The van der Waals surface area contributed by atoms with Crippen LogP contribution in [0, 0.1) is 5.82 Å². The molecule has 2 aromatic rings. The molecule has 0 radical (unpaired) electrons. The van der Waals surface area contributed by atoms with Crippen LogP contribution < -0.4 is 4.74 Å². The number of hydrogen-bond donors (Lipinski definition) is 0. The maximum absolute atomic E-state index is 14.6. The van der Waals surface area contributed by atoms with Crippen LogP contribution >= 0.6 is 11.3 Å². The number of carbonyl (C=O) groups is 2. The second kappa shape index (κ2) is 9.37. The molecule has 0 bridgehead atoms. The summed E-state index contributed by atoms with van der Waals surface area (Å²) in [6, 6.07) is 4.61. The van der Waals surface area contributed by atoms with Crippen LogP contribution in [0.2, 0.25) is 0 Å². The highest BCUT2D eigenvalue weighted by Gasteiger charge is 2.39. The molecule has 3 aliphatic rings. The maximum atomic E-state index is 14.6. The van der Waals surface area contributed by atoms with Crippen molar-refractivity contribution in [1.29, 1.82) is 0 Å². The van der Waals surface area contributed by atoms with E-state index in [4.69, 9.17) is 9.47 Å². The molecule has 3 heterocycles. The van der Waals surface area contributed by atoms with E-state index < -0.39 is 0 Å². The van der Waals surface area contributed by atoms with Crippen molar-refractivity contribution in [3.63, 3.8) is 0 Å². The molecule has 2 fully saturated rings. The number of hydrogen-bond acceptors (Lipinski definition) is 6. The van der Waals surface area contributed by atoms with Gasteiger partial charge in [-0.2, -0.15) is 0 Å². The van der Waals surface area contributed by atoms with Gasteiger partial charge in [-0.1, -0.05) is 18.2 Å². The summed E-state index contributed by atoms with van der Waals surface area (Å²) in [7, 11) is 0. The van der Waals surface area contributed by atoms with E-state index >= 15 is 0 Å². The van der Waals surface area contributed by atoms with Gasteiger partial charge in [-0.05, 0) is 18.9 Å². The van der Waals surface area contributed by atoms with Crippen molar-refractivity contribution < 1.29 is 23.5 Å². The van der Waals surface area contributed by atoms with Gasteiger partial charge in [-0.15, -0.1) is 11.3 Å². The lowest BCUT2D eigenvalue weighted by Crippen LogP contribution is -2.43. The maximum Gasteiger partial charge on any atom is 0.255 e. The van der Waals surface area contributed by atoms with Crippen LogP contribution in [0.5, 0.6) is 5.75 Å². The monoisotopic (exact) mass is 470 g/mol. The number of nitrogens with zero attached hydrogens (tertiary/aromatic N) is 2. The van der Waals surface area contributed by atoms with E-state index in [2.05, 4.69) is 11.5 Å². The number of ether oxygens (including phenoxy) is 2. The molecule has 5 rings (SSSR count). The third-order valence-corrected chi connectivity index (χ3v) is 7.64. The number of ketones is 1. The number of Topliss-reactive ketones (excluding diaryl/α,β-unsaturated/α-hetero) is 1. The van der Waals surface area contributed by atoms with Crippen molar-refractivity contribution in [2.75, 3.05) is 26.3 Å². The number of halogens is 1. The fraction of sp³-hybridized carbons (Fsp3) is 0.440. The first kappa shape index (κ1) is 22.3. The van der Waals surface area contributed by atoms with Gasteiger partial charge >= 0.3 is 0 Å². The highest BCUT2D eigenvalue weighted by molar-refractivity contribution is 7.10. The average Bonchev–Trinajstić information content (AvgIpc) is 3.35. The molecule has 1 saturated carbocycles. The number of rotatable bonds is 6. The molecule has 1 aliphatic carbocycles. The summed E-state index contributed by atoms with van der Waals surface area (Å²) in [5.74, 6) is 0.160. The zero-order valence-corrected chi connectivity index (χ0v) is 19.3. The largest absolute Gasteiger partial charge is 0.488 e. The Morgan fingerprint density at radius 1 is 1.24 bits per heavy atom. The van der Waals surface area contributed by atoms with Crippen LogP contribution in [-0.4, -0.2) is 53.8 Å². The fourth-order valence-corrected chi connectivity index (χ4v) is 5.67. The summed E-state index contributed by atoms with van der Waals surface area (Å²) < 4.78 is 25.9. The molecule has 33 heavy (non-hydrogen) atoms. The number of fused-ring (bicyclic) bond motifs is 1. The number of carbonyl (C=O) groups excluding carboxylic acids is 2. The Morgan fingerprint density at radius 2 is 2.06 bits per heavy atom. The van der Waals surface area contributed by atoms with Crippen LogP contribution in [0.15, 0.2) is 35.7 Å². The summed E-state index contributed by atoms with van der Waals surface area (Å²) in [5, 5.41) is 1.84. The zero-order chi connectivity index (χ0) is 22.9. The minimum atomic E-state index is -0.373. The lowest BCUT2D eigenvalue weighted by atomic mass is 9.90. The molecule has 1 saturated heterocycles. The van der Waals surface area contributed by atoms with Crippen LogP contribution in [-0.2, 0) is 29.2 Å². The van der Waals surface area contributed by atoms with Crippen LogP contribution in [0.3, 0.4) is 0 Å². The third kappa shape index (κ3) is 4.60. The minimum Gasteiger partial charge on any atom is -0.488 e. The highest BCUT2D eigenvalue weighted by atomic mass is 32.1. The number of thiophene rings is 1. The zero-order valence-electron chi connectivity index (χ0n) is 18.5. The molecule has 1 aromatic heterocycles. The number of allylic oxidation sites excluding steroid dienone is 1. The lowest BCUT2D eigenvalue weighted by Gasteiger charge is -2.30. The number of morpholine rings is 1. The smallest absolute Gasteiger partial charge is 0.255 e. The van der Waals surface area contributed by atoms with Gasteiger partial charge in [0.15, 0.2) is 5.78 Å². The summed E-state index contributed by atoms with van der Waals surface area (Å²) in [4.78, 5) is 30.2. The lowest BCUT2D eigenvalue weighted by molar-refractivity contribution is -0.124. The Bertz CT molecular complexity index is 1090. The van der Waals surface area contributed by atoms with Crippen molar-refractivity contribution in [1.82, 2.24) is 9.80 Å². The van der Waals surface area contributed by atoms with Crippen molar-refractivity contribution >= 4 is 23.0 Å².